The van der Waals surface area contributed by atoms with E-state index >= 15 is 0 Å². The van der Waals surface area contributed by atoms with Crippen molar-refractivity contribution >= 4 is 35.1 Å². The van der Waals surface area contributed by atoms with Crippen molar-refractivity contribution in [3.63, 3.8) is 0 Å². The zero-order valence-electron chi connectivity index (χ0n) is 13.5. The van der Waals surface area contributed by atoms with Crippen molar-refractivity contribution < 1.29 is 23.2 Å². The molecule has 3 rings (SSSR count). The molecule has 0 aliphatic carbocycles. The Labute approximate surface area is 153 Å². The summed E-state index contributed by atoms with van der Waals surface area (Å²) in [7, 11) is 0. The van der Waals surface area contributed by atoms with Gasteiger partial charge in [-0.15, -0.1) is 0 Å². The number of anilines is 1. The van der Waals surface area contributed by atoms with Gasteiger partial charge in [0.25, 0.3) is 5.91 Å². The van der Waals surface area contributed by atoms with Gasteiger partial charge in [0.2, 0.25) is 5.91 Å². The first-order valence-corrected chi connectivity index (χ1v) is 8.21. The lowest BCUT2D eigenvalue weighted by molar-refractivity contribution is -0.128. The van der Waals surface area contributed by atoms with E-state index in [1.807, 2.05) is 0 Å². The fourth-order valence-corrected chi connectivity index (χ4v) is 2.73. The molecule has 26 heavy (non-hydrogen) atoms. The van der Waals surface area contributed by atoms with Gasteiger partial charge >= 0.3 is 6.03 Å². The lowest BCUT2D eigenvalue weighted by Crippen LogP contribution is -2.31. The molecule has 1 aliphatic heterocycles. The zero-order chi connectivity index (χ0) is 18.7. The minimum absolute atomic E-state index is 0.000272. The van der Waals surface area contributed by atoms with Gasteiger partial charge in [0, 0.05) is 12.1 Å². The average Bonchev–Trinajstić information content (AvgIpc) is 3.20. The number of hydrogen-bond donors (Lipinski definition) is 2. The molecule has 2 N–H and O–H groups in total. The van der Waals surface area contributed by atoms with Crippen LogP contribution >= 0.6 is 11.6 Å². The van der Waals surface area contributed by atoms with Gasteiger partial charge in [-0.3, -0.25) is 14.5 Å². The van der Waals surface area contributed by atoms with Crippen molar-refractivity contribution in [3.05, 3.63) is 53.2 Å². The van der Waals surface area contributed by atoms with Crippen LogP contribution in [0.4, 0.5) is 14.9 Å². The SMILES string of the molecule is O=C(CC[C@H]1NC(=O)N(Cc2ccco2)C1=O)Nc1ccc(F)c(Cl)c1. The van der Waals surface area contributed by atoms with Crippen LogP contribution in [0.3, 0.4) is 0 Å². The number of imide groups is 1. The molecular weight excluding hydrogens is 365 g/mol. The summed E-state index contributed by atoms with van der Waals surface area (Å²) in [6.07, 6.45) is 1.59. The van der Waals surface area contributed by atoms with Gasteiger partial charge < -0.3 is 15.1 Å². The van der Waals surface area contributed by atoms with Crippen LogP contribution in [0.1, 0.15) is 18.6 Å². The Kier molecular flexibility index (Phi) is 5.22. The van der Waals surface area contributed by atoms with Gasteiger partial charge in [-0.05, 0) is 36.8 Å². The van der Waals surface area contributed by atoms with E-state index in [2.05, 4.69) is 10.6 Å². The largest absolute Gasteiger partial charge is 0.467 e. The molecule has 1 saturated heterocycles. The van der Waals surface area contributed by atoms with Crippen LogP contribution in [0, 0.1) is 5.82 Å². The molecule has 2 heterocycles. The van der Waals surface area contributed by atoms with E-state index in [1.165, 1.54) is 18.4 Å². The molecule has 7 nitrogen and oxygen atoms in total. The predicted molar refractivity (Wildman–Crippen MR) is 90.9 cm³/mol. The topological polar surface area (TPSA) is 91.7 Å². The van der Waals surface area contributed by atoms with Crippen molar-refractivity contribution in [2.45, 2.75) is 25.4 Å². The van der Waals surface area contributed by atoms with E-state index in [1.54, 1.807) is 12.1 Å². The van der Waals surface area contributed by atoms with E-state index in [9.17, 15) is 18.8 Å². The highest BCUT2D eigenvalue weighted by molar-refractivity contribution is 6.31. The minimum atomic E-state index is -0.778. The summed E-state index contributed by atoms with van der Waals surface area (Å²) in [4.78, 5) is 37.3. The number of carbonyl (C=O) groups excluding carboxylic acids is 3. The summed E-state index contributed by atoms with van der Waals surface area (Å²) in [6.45, 7) is 0.0362. The quantitative estimate of drug-likeness (QED) is 0.755. The van der Waals surface area contributed by atoms with Crippen LogP contribution in [0.15, 0.2) is 41.0 Å². The highest BCUT2D eigenvalue weighted by Crippen LogP contribution is 2.20. The summed E-state index contributed by atoms with van der Waals surface area (Å²) in [6, 6.07) is 5.84. The zero-order valence-corrected chi connectivity index (χ0v) is 14.3. The maximum Gasteiger partial charge on any atom is 0.325 e. The van der Waals surface area contributed by atoms with Crippen molar-refractivity contribution in [2.24, 2.45) is 0 Å². The lowest BCUT2D eigenvalue weighted by atomic mass is 10.1. The first-order chi connectivity index (χ1) is 12.4. The van der Waals surface area contributed by atoms with Gasteiger partial charge in [-0.1, -0.05) is 11.6 Å². The van der Waals surface area contributed by atoms with Crippen molar-refractivity contribution in [2.75, 3.05) is 5.32 Å². The van der Waals surface area contributed by atoms with Crippen LogP contribution in [0.25, 0.3) is 0 Å². The van der Waals surface area contributed by atoms with Crippen LogP contribution in [0.5, 0.6) is 0 Å². The number of furan rings is 1. The van der Waals surface area contributed by atoms with Crippen LogP contribution in [-0.4, -0.2) is 28.8 Å². The Balaban J connectivity index is 1.52. The number of carbonyl (C=O) groups is 3. The second kappa shape index (κ2) is 7.57. The fourth-order valence-electron chi connectivity index (χ4n) is 2.55. The van der Waals surface area contributed by atoms with Gasteiger partial charge in [-0.2, -0.15) is 0 Å². The number of nitrogens with zero attached hydrogens (tertiary/aromatic N) is 1. The predicted octanol–water partition coefficient (Wildman–Crippen LogP) is 2.91. The third-order valence-electron chi connectivity index (χ3n) is 3.86. The molecule has 0 bridgehead atoms. The number of halogens is 2. The molecule has 1 aromatic heterocycles. The second-order valence-electron chi connectivity index (χ2n) is 5.72. The molecule has 1 atom stereocenters. The summed E-state index contributed by atoms with van der Waals surface area (Å²) in [5.41, 5.74) is 0.350. The van der Waals surface area contributed by atoms with Crippen LogP contribution < -0.4 is 10.6 Å². The van der Waals surface area contributed by atoms with Crippen LogP contribution in [-0.2, 0) is 16.1 Å². The summed E-state index contributed by atoms with van der Waals surface area (Å²) in [5, 5.41) is 5.01. The summed E-state index contributed by atoms with van der Waals surface area (Å²) in [5.74, 6) is -0.885. The first-order valence-electron chi connectivity index (χ1n) is 7.83. The Bertz CT molecular complexity index is 841. The summed E-state index contributed by atoms with van der Waals surface area (Å²) < 4.78 is 18.2. The Morgan fingerprint density at radius 3 is 2.85 bits per heavy atom. The number of amides is 4. The Hall–Kier alpha value is -2.87. The summed E-state index contributed by atoms with van der Waals surface area (Å²) >= 11 is 5.66. The molecule has 1 aliphatic rings. The maximum atomic E-state index is 13.1. The highest BCUT2D eigenvalue weighted by atomic mass is 35.5. The molecular formula is C17H15ClFN3O4. The molecule has 0 radical (unpaired) electrons. The van der Waals surface area contributed by atoms with Gasteiger partial charge in [0.1, 0.15) is 17.6 Å². The Morgan fingerprint density at radius 1 is 1.35 bits per heavy atom. The molecule has 4 amide bonds. The van der Waals surface area contributed by atoms with E-state index in [4.69, 9.17) is 16.0 Å². The number of urea groups is 1. The molecule has 0 unspecified atom stereocenters. The number of nitrogens with one attached hydrogen (secondary N) is 2. The maximum absolute atomic E-state index is 13.1. The highest BCUT2D eigenvalue weighted by Gasteiger charge is 2.38. The molecule has 1 aromatic carbocycles. The van der Waals surface area contributed by atoms with Crippen molar-refractivity contribution in [1.82, 2.24) is 10.2 Å². The van der Waals surface area contributed by atoms with Crippen molar-refractivity contribution in [3.8, 4) is 0 Å². The normalized spacial score (nSPS) is 16.7. The molecule has 0 spiro atoms. The molecule has 2 aromatic rings. The fraction of sp³-hybridized carbons (Fsp3) is 0.235. The third kappa shape index (κ3) is 4.02. The van der Waals surface area contributed by atoms with Crippen LogP contribution in [0.2, 0.25) is 5.02 Å². The third-order valence-corrected chi connectivity index (χ3v) is 4.15. The van der Waals surface area contributed by atoms with Gasteiger partial charge in [0.05, 0.1) is 17.8 Å². The molecule has 9 heteroatoms. The number of hydrogen-bond acceptors (Lipinski definition) is 4. The van der Waals surface area contributed by atoms with E-state index < -0.39 is 23.8 Å². The minimum Gasteiger partial charge on any atom is -0.467 e. The standard InChI is InChI=1S/C17H15ClFN3O4/c18-12-8-10(3-4-13(12)19)20-15(23)6-5-14-16(24)22(17(25)21-14)9-11-2-1-7-26-11/h1-4,7-8,14H,5-6,9H2,(H,20,23)(H,21,25)/t14-/m1/s1. The molecule has 1 fully saturated rings. The van der Waals surface area contributed by atoms with E-state index in [0.717, 1.165) is 11.0 Å². The monoisotopic (exact) mass is 379 g/mol. The smallest absolute Gasteiger partial charge is 0.325 e. The molecule has 136 valence electrons. The first kappa shape index (κ1) is 17.9. The number of rotatable bonds is 6. The Morgan fingerprint density at radius 2 is 2.15 bits per heavy atom. The number of benzene rings is 1. The lowest BCUT2D eigenvalue weighted by Gasteiger charge is -2.11. The van der Waals surface area contributed by atoms with E-state index in [-0.39, 0.29) is 30.3 Å². The molecule has 0 saturated carbocycles. The van der Waals surface area contributed by atoms with Crippen molar-refractivity contribution in [1.29, 1.82) is 0 Å². The average molecular weight is 380 g/mol. The van der Waals surface area contributed by atoms with Gasteiger partial charge in [-0.25, -0.2) is 9.18 Å². The van der Waals surface area contributed by atoms with Gasteiger partial charge in [0.15, 0.2) is 0 Å². The van der Waals surface area contributed by atoms with E-state index in [0.29, 0.717) is 11.4 Å². The second-order valence-corrected chi connectivity index (χ2v) is 6.13.